The number of halogens is 1. The lowest BCUT2D eigenvalue weighted by Crippen LogP contribution is -2.56. The third-order valence-electron chi connectivity index (χ3n) is 6.64. The lowest BCUT2D eigenvalue weighted by Gasteiger charge is -2.42. The normalized spacial score (nSPS) is 27.7. The fourth-order valence-electron chi connectivity index (χ4n) is 5.08. The molecule has 5 heterocycles. The third-order valence-corrected chi connectivity index (χ3v) is 6.64. The van der Waals surface area contributed by atoms with Crippen molar-refractivity contribution in [3.8, 4) is 11.3 Å². The quantitative estimate of drug-likeness (QED) is 0.669. The van der Waals surface area contributed by atoms with E-state index in [9.17, 15) is 9.18 Å². The van der Waals surface area contributed by atoms with Gasteiger partial charge in [0.05, 0.1) is 34.7 Å². The topological polar surface area (TPSA) is 66.6 Å². The second-order valence-corrected chi connectivity index (χ2v) is 8.71. The fraction of sp³-hybridized carbons (Fsp3) is 0.455. The highest BCUT2D eigenvalue weighted by Crippen LogP contribution is 2.41. The monoisotopic (exact) mass is 406 g/mol. The third kappa shape index (κ3) is 2.77. The first-order valence-corrected chi connectivity index (χ1v) is 10.6. The van der Waals surface area contributed by atoms with Gasteiger partial charge in [0.25, 0.3) is 0 Å². The number of fused-ring (bicyclic) bond motifs is 3. The number of carbonyl (C=O) groups is 1. The summed E-state index contributed by atoms with van der Waals surface area (Å²) in [4.78, 5) is 25.9. The summed E-state index contributed by atoms with van der Waals surface area (Å²) in [5.41, 5.74) is 4.80. The van der Waals surface area contributed by atoms with E-state index in [1.807, 2.05) is 34.8 Å². The van der Waals surface area contributed by atoms with Gasteiger partial charge < -0.3 is 9.80 Å². The molecule has 2 saturated heterocycles. The van der Waals surface area contributed by atoms with Crippen LogP contribution in [0.2, 0.25) is 0 Å². The molecule has 6 rings (SSSR count). The first-order chi connectivity index (χ1) is 14.6. The number of rotatable bonds is 3. The maximum atomic E-state index is 13.5. The van der Waals surface area contributed by atoms with Crippen molar-refractivity contribution >= 4 is 17.1 Å². The largest absolute Gasteiger partial charge is 0.366 e. The molecule has 30 heavy (non-hydrogen) atoms. The second-order valence-electron chi connectivity index (χ2n) is 8.71. The van der Waals surface area contributed by atoms with Gasteiger partial charge in [-0.2, -0.15) is 5.10 Å². The van der Waals surface area contributed by atoms with E-state index in [4.69, 9.17) is 0 Å². The van der Waals surface area contributed by atoms with Crippen molar-refractivity contribution in [1.29, 1.82) is 0 Å². The molecule has 0 radical (unpaired) electrons. The molecule has 7 nitrogen and oxygen atoms in total. The van der Waals surface area contributed by atoms with Crippen LogP contribution in [0.1, 0.15) is 25.0 Å². The SMILES string of the molecule is Cc1cncc(-c2cc3c(N4CC5CCC(C4)N5C(=O)[C@@H]4C[C@H]4F)ccnn3c2)n1. The van der Waals surface area contributed by atoms with Gasteiger partial charge in [0, 0.05) is 49.3 Å². The Morgan fingerprint density at radius 1 is 1.20 bits per heavy atom. The Balaban J connectivity index is 1.31. The van der Waals surface area contributed by atoms with Crippen LogP contribution in [0.3, 0.4) is 0 Å². The van der Waals surface area contributed by atoms with E-state index in [-0.39, 0.29) is 18.0 Å². The molecule has 0 N–H and O–H groups in total. The highest BCUT2D eigenvalue weighted by molar-refractivity contribution is 5.84. The van der Waals surface area contributed by atoms with Crippen LogP contribution in [0.25, 0.3) is 16.8 Å². The minimum Gasteiger partial charge on any atom is -0.366 e. The van der Waals surface area contributed by atoms with Crippen LogP contribution >= 0.6 is 0 Å². The molecule has 2 aliphatic heterocycles. The van der Waals surface area contributed by atoms with Gasteiger partial charge in [0.15, 0.2) is 0 Å². The molecule has 1 saturated carbocycles. The van der Waals surface area contributed by atoms with Gasteiger partial charge in [-0.05, 0) is 38.3 Å². The Labute approximate surface area is 173 Å². The zero-order chi connectivity index (χ0) is 20.4. The number of alkyl halides is 1. The van der Waals surface area contributed by atoms with Gasteiger partial charge in [0.1, 0.15) is 6.17 Å². The standard InChI is InChI=1S/C22H23FN6O/c1-13-8-24-9-19(26-13)14-6-21-20(4-5-25-28(21)10-14)27-11-15-2-3-16(12-27)29(15)22(30)17-7-18(17)23/h4-6,8-10,15-18H,2-3,7,11-12H2,1H3/t15?,16?,17-,18-/m1/s1. The number of amides is 1. The van der Waals surface area contributed by atoms with Gasteiger partial charge >= 0.3 is 0 Å². The van der Waals surface area contributed by atoms with Gasteiger partial charge in [-0.3, -0.25) is 9.78 Å². The van der Waals surface area contributed by atoms with Crippen molar-refractivity contribution in [1.82, 2.24) is 24.5 Å². The van der Waals surface area contributed by atoms with Crippen molar-refractivity contribution in [3.05, 3.63) is 42.6 Å². The van der Waals surface area contributed by atoms with Crippen LogP contribution in [0, 0.1) is 12.8 Å². The number of carbonyl (C=O) groups excluding carboxylic acids is 1. The van der Waals surface area contributed by atoms with E-state index in [1.54, 1.807) is 12.4 Å². The predicted molar refractivity (Wildman–Crippen MR) is 110 cm³/mol. The van der Waals surface area contributed by atoms with E-state index in [2.05, 4.69) is 26.0 Å². The minimum atomic E-state index is -0.932. The first kappa shape index (κ1) is 17.8. The van der Waals surface area contributed by atoms with E-state index in [0.29, 0.717) is 6.42 Å². The molecule has 0 aromatic carbocycles. The summed E-state index contributed by atoms with van der Waals surface area (Å²) in [6, 6.07) is 4.46. The summed E-state index contributed by atoms with van der Waals surface area (Å²) in [6.45, 7) is 3.48. The summed E-state index contributed by atoms with van der Waals surface area (Å²) in [5.74, 6) is -0.367. The molecule has 3 aromatic heterocycles. The summed E-state index contributed by atoms with van der Waals surface area (Å²) >= 11 is 0. The van der Waals surface area contributed by atoms with Crippen LogP contribution in [0.15, 0.2) is 36.9 Å². The molecule has 8 heteroatoms. The number of hydrogen-bond donors (Lipinski definition) is 0. The molecular formula is C22H23FN6O. The van der Waals surface area contributed by atoms with Crippen LogP contribution in [0.4, 0.5) is 10.1 Å². The summed E-state index contributed by atoms with van der Waals surface area (Å²) in [7, 11) is 0. The molecule has 154 valence electrons. The Morgan fingerprint density at radius 3 is 2.67 bits per heavy atom. The summed E-state index contributed by atoms with van der Waals surface area (Å²) in [6.07, 6.45) is 8.74. The number of anilines is 1. The highest BCUT2D eigenvalue weighted by Gasteiger charge is 2.51. The van der Waals surface area contributed by atoms with Crippen LogP contribution in [-0.4, -0.2) is 61.7 Å². The van der Waals surface area contributed by atoms with Crippen LogP contribution < -0.4 is 4.90 Å². The smallest absolute Gasteiger partial charge is 0.229 e. The lowest BCUT2D eigenvalue weighted by atomic mass is 10.1. The molecule has 0 spiro atoms. The van der Waals surface area contributed by atoms with E-state index in [0.717, 1.165) is 54.1 Å². The zero-order valence-electron chi connectivity index (χ0n) is 16.8. The maximum Gasteiger partial charge on any atom is 0.229 e. The molecule has 1 aliphatic carbocycles. The maximum absolute atomic E-state index is 13.5. The molecule has 3 aromatic rings. The average molecular weight is 406 g/mol. The molecule has 3 aliphatic rings. The predicted octanol–water partition coefficient (Wildman–Crippen LogP) is 2.64. The average Bonchev–Trinajstić information content (AvgIpc) is 3.21. The number of hydrogen-bond acceptors (Lipinski definition) is 5. The first-order valence-electron chi connectivity index (χ1n) is 10.6. The number of piperazine rings is 1. The summed E-state index contributed by atoms with van der Waals surface area (Å²) in [5, 5.41) is 4.48. The van der Waals surface area contributed by atoms with Gasteiger partial charge in [-0.15, -0.1) is 0 Å². The van der Waals surface area contributed by atoms with E-state index in [1.165, 1.54) is 0 Å². The fourth-order valence-corrected chi connectivity index (χ4v) is 5.08. The Hall–Kier alpha value is -3.03. The van der Waals surface area contributed by atoms with E-state index < -0.39 is 12.1 Å². The zero-order valence-corrected chi connectivity index (χ0v) is 16.8. The molecule has 2 unspecified atom stereocenters. The number of nitrogens with zero attached hydrogens (tertiary/aromatic N) is 6. The van der Waals surface area contributed by atoms with Gasteiger partial charge in [-0.1, -0.05) is 0 Å². The molecule has 2 bridgehead atoms. The van der Waals surface area contributed by atoms with Gasteiger partial charge in [0.2, 0.25) is 5.91 Å². The minimum absolute atomic E-state index is 0.0255. The van der Waals surface area contributed by atoms with Crippen molar-refractivity contribution in [2.24, 2.45) is 5.92 Å². The second kappa shape index (κ2) is 6.48. The molecule has 4 atom stereocenters. The van der Waals surface area contributed by atoms with Gasteiger partial charge in [-0.25, -0.2) is 13.9 Å². The molecule has 1 amide bonds. The van der Waals surface area contributed by atoms with E-state index >= 15 is 0 Å². The summed E-state index contributed by atoms with van der Waals surface area (Å²) < 4.78 is 15.3. The van der Waals surface area contributed by atoms with Crippen molar-refractivity contribution in [3.63, 3.8) is 0 Å². The van der Waals surface area contributed by atoms with Crippen LogP contribution in [-0.2, 0) is 4.79 Å². The van der Waals surface area contributed by atoms with Crippen LogP contribution in [0.5, 0.6) is 0 Å². The Morgan fingerprint density at radius 2 is 1.97 bits per heavy atom. The Bertz CT molecular complexity index is 1130. The number of aryl methyl sites for hydroxylation is 1. The Kier molecular flexibility index (Phi) is 3.85. The number of aromatic nitrogens is 4. The molecule has 3 fully saturated rings. The molecular weight excluding hydrogens is 383 g/mol. The lowest BCUT2D eigenvalue weighted by molar-refractivity contribution is -0.136. The van der Waals surface area contributed by atoms with Crippen molar-refractivity contribution in [2.45, 2.75) is 44.4 Å². The van der Waals surface area contributed by atoms with Crippen molar-refractivity contribution in [2.75, 3.05) is 18.0 Å². The van der Waals surface area contributed by atoms with Crippen molar-refractivity contribution < 1.29 is 9.18 Å². The highest BCUT2D eigenvalue weighted by atomic mass is 19.1.